The highest BCUT2D eigenvalue weighted by Gasteiger charge is 2.19. The molecule has 2 nitrogen and oxygen atoms in total. The van der Waals surface area contributed by atoms with E-state index in [0.29, 0.717) is 11.8 Å². The average Bonchev–Trinajstić information content (AvgIpc) is 2.83. The van der Waals surface area contributed by atoms with E-state index >= 15 is 0 Å². The molecule has 20 heavy (non-hydrogen) atoms. The summed E-state index contributed by atoms with van der Waals surface area (Å²) in [5.74, 6) is 1.70. The van der Waals surface area contributed by atoms with E-state index in [1.54, 1.807) is 6.26 Å². The van der Waals surface area contributed by atoms with E-state index in [-0.39, 0.29) is 0 Å². The lowest BCUT2D eigenvalue weighted by Gasteiger charge is -2.19. The fourth-order valence-electron chi connectivity index (χ4n) is 2.49. The van der Waals surface area contributed by atoms with Crippen molar-refractivity contribution in [1.82, 2.24) is 0 Å². The van der Waals surface area contributed by atoms with Gasteiger partial charge in [-0.25, -0.2) is 0 Å². The van der Waals surface area contributed by atoms with Gasteiger partial charge in [0.15, 0.2) is 0 Å². The Labute approximate surface area is 121 Å². The van der Waals surface area contributed by atoms with E-state index in [2.05, 4.69) is 45.9 Å². The van der Waals surface area contributed by atoms with E-state index in [0.717, 1.165) is 16.9 Å². The van der Waals surface area contributed by atoms with Crippen molar-refractivity contribution < 1.29 is 9.52 Å². The summed E-state index contributed by atoms with van der Waals surface area (Å²) < 4.78 is 5.31. The van der Waals surface area contributed by atoms with E-state index < -0.39 is 6.10 Å². The average molecular weight is 272 g/mol. The molecule has 2 heteroatoms. The van der Waals surface area contributed by atoms with Crippen molar-refractivity contribution in [3.8, 4) is 0 Å². The van der Waals surface area contributed by atoms with Gasteiger partial charge in [-0.3, -0.25) is 0 Å². The van der Waals surface area contributed by atoms with Gasteiger partial charge in [0.2, 0.25) is 0 Å². The zero-order valence-electron chi connectivity index (χ0n) is 13.0. The van der Waals surface area contributed by atoms with Crippen LogP contribution in [0.15, 0.2) is 34.9 Å². The minimum Gasteiger partial charge on any atom is -0.469 e. The molecule has 1 N–H and O–H groups in total. The molecule has 108 valence electrons. The van der Waals surface area contributed by atoms with Crippen LogP contribution in [0, 0.1) is 6.92 Å². The molecule has 2 aromatic rings. The second-order valence-electron chi connectivity index (χ2n) is 6.09. The molecular weight excluding hydrogens is 248 g/mol. The second-order valence-corrected chi connectivity index (χ2v) is 6.09. The van der Waals surface area contributed by atoms with Gasteiger partial charge in [-0.2, -0.15) is 0 Å². The summed E-state index contributed by atoms with van der Waals surface area (Å²) in [6.45, 7) is 10.6. The van der Waals surface area contributed by atoms with Crippen LogP contribution in [0.25, 0.3) is 0 Å². The SMILES string of the molecule is Cc1cc(C(O)c2ccc(C(C)C)cc2C(C)C)co1. The topological polar surface area (TPSA) is 33.4 Å². The van der Waals surface area contributed by atoms with E-state index in [4.69, 9.17) is 4.42 Å². The lowest BCUT2D eigenvalue weighted by Crippen LogP contribution is -2.05. The van der Waals surface area contributed by atoms with Gasteiger partial charge >= 0.3 is 0 Å². The number of aliphatic hydroxyl groups is 1. The van der Waals surface area contributed by atoms with Gasteiger partial charge in [-0.15, -0.1) is 0 Å². The lowest BCUT2D eigenvalue weighted by atomic mass is 9.88. The number of rotatable bonds is 4. The van der Waals surface area contributed by atoms with Crippen LogP contribution in [0.5, 0.6) is 0 Å². The van der Waals surface area contributed by atoms with Crippen LogP contribution in [-0.2, 0) is 0 Å². The van der Waals surface area contributed by atoms with Crippen LogP contribution >= 0.6 is 0 Å². The molecule has 1 aromatic heterocycles. The van der Waals surface area contributed by atoms with Crippen molar-refractivity contribution in [2.24, 2.45) is 0 Å². The van der Waals surface area contributed by atoms with Gasteiger partial charge in [0.25, 0.3) is 0 Å². The summed E-state index contributed by atoms with van der Waals surface area (Å²) in [5.41, 5.74) is 4.32. The molecule has 1 unspecified atom stereocenters. The summed E-state index contributed by atoms with van der Waals surface area (Å²) in [4.78, 5) is 0. The summed E-state index contributed by atoms with van der Waals surface area (Å²) in [6.07, 6.45) is 1.02. The minimum atomic E-state index is -0.619. The zero-order valence-corrected chi connectivity index (χ0v) is 13.0. The number of aliphatic hydroxyl groups excluding tert-OH is 1. The van der Waals surface area contributed by atoms with E-state index in [1.165, 1.54) is 11.1 Å². The maximum atomic E-state index is 10.6. The molecule has 0 bridgehead atoms. The first-order valence-corrected chi connectivity index (χ1v) is 7.27. The molecule has 0 aliphatic heterocycles. The number of benzene rings is 1. The standard InChI is InChI=1S/C18H24O2/c1-11(2)14-6-7-16(17(9-14)12(3)4)18(19)15-8-13(5)20-10-15/h6-12,18-19H,1-5H3. The molecule has 0 aliphatic carbocycles. The predicted octanol–water partition coefficient (Wildman–Crippen LogP) is 4.92. The molecule has 0 spiro atoms. The molecule has 0 fully saturated rings. The first-order valence-electron chi connectivity index (χ1n) is 7.27. The highest BCUT2D eigenvalue weighted by molar-refractivity contribution is 5.40. The Kier molecular flexibility index (Phi) is 4.34. The molecule has 0 radical (unpaired) electrons. The molecule has 0 aliphatic rings. The third kappa shape index (κ3) is 2.96. The van der Waals surface area contributed by atoms with Crippen LogP contribution in [0.2, 0.25) is 0 Å². The van der Waals surface area contributed by atoms with Gasteiger partial charge in [-0.1, -0.05) is 45.9 Å². The number of furan rings is 1. The van der Waals surface area contributed by atoms with Crippen LogP contribution in [0.1, 0.15) is 73.6 Å². The molecule has 0 amide bonds. The van der Waals surface area contributed by atoms with Crippen LogP contribution in [0.3, 0.4) is 0 Å². The number of aryl methyl sites for hydroxylation is 1. The summed E-state index contributed by atoms with van der Waals surface area (Å²) in [5, 5.41) is 10.6. The molecule has 2 rings (SSSR count). The van der Waals surface area contributed by atoms with Gasteiger partial charge < -0.3 is 9.52 Å². The smallest absolute Gasteiger partial charge is 0.107 e. The normalized spacial score (nSPS) is 13.2. The van der Waals surface area contributed by atoms with Crippen LogP contribution in [-0.4, -0.2) is 5.11 Å². The molecule has 1 aromatic carbocycles. The van der Waals surface area contributed by atoms with Gasteiger partial charge in [0.05, 0.1) is 6.26 Å². The van der Waals surface area contributed by atoms with Gasteiger partial charge in [0, 0.05) is 5.56 Å². The van der Waals surface area contributed by atoms with Crippen molar-refractivity contribution in [3.05, 3.63) is 58.5 Å². The Hall–Kier alpha value is -1.54. The quantitative estimate of drug-likeness (QED) is 0.857. The Morgan fingerprint density at radius 1 is 0.900 bits per heavy atom. The highest BCUT2D eigenvalue weighted by Crippen LogP contribution is 2.32. The molecule has 0 saturated heterocycles. The number of hydrogen-bond acceptors (Lipinski definition) is 2. The summed E-state index contributed by atoms with van der Waals surface area (Å²) in [6, 6.07) is 8.28. The van der Waals surface area contributed by atoms with Crippen LogP contribution < -0.4 is 0 Å². The first-order chi connectivity index (χ1) is 9.40. The fourth-order valence-corrected chi connectivity index (χ4v) is 2.49. The Bertz CT molecular complexity index is 579. The van der Waals surface area contributed by atoms with Crippen molar-refractivity contribution >= 4 is 0 Å². The molecule has 1 atom stereocenters. The maximum Gasteiger partial charge on any atom is 0.107 e. The molecular formula is C18H24O2. The molecule has 1 heterocycles. The highest BCUT2D eigenvalue weighted by atomic mass is 16.3. The van der Waals surface area contributed by atoms with Crippen molar-refractivity contribution in [2.75, 3.05) is 0 Å². The third-order valence-corrected chi connectivity index (χ3v) is 3.76. The Morgan fingerprint density at radius 3 is 2.10 bits per heavy atom. The Morgan fingerprint density at radius 2 is 1.60 bits per heavy atom. The third-order valence-electron chi connectivity index (χ3n) is 3.76. The maximum absolute atomic E-state index is 10.6. The predicted molar refractivity (Wildman–Crippen MR) is 82.1 cm³/mol. The van der Waals surface area contributed by atoms with E-state index in [9.17, 15) is 5.11 Å². The van der Waals surface area contributed by atoms with E-state index in [1.807, 2.05) is 13.0 Å². The monoisotopic (exact) mass is 272 g/mol. The zero-order chi connectivity index (χ0) is 14.9. The number of hydrogen-bond donors (Lipinski definition) is 1. The van der Waals surface area contributed by atoms with Crippen molar-refractivity contribution in [1.29, 1.82) is 0 Å². The van der Waals surface area contributed by atoms with Gasteiger partial charge in [0.1, 0.15) is 11.9 Å². The lowest BCUT2D eigenvalue weighted by molar-refractivity contribution is 0.217. The first kappa shape index (κ1) is 14.9. The summed E-state index contributed by atoms with van der Waals surface area (Å²) in [7, 11) is 0. The Balaban J connectivity index is 2.45. The minimum absolute atomic E-state index is 0.381. The fraction of sp³-hybridized carbons (Fsp3) is 0.444. The van der Waals surface area contributed by atoms with Gasteiger partial charge in [-0.05, 0) is 41.5 Å². The van der Waals surface area contributed by atoms with Crippen LogP contribution in [0.4, 0.5) is 0 Å². The molecule has 0 saturated carbocycles. The summed E-state index contributed by atoms with van der Waals surface area (Å²) >= 11 is 0. The largest absolute Gasteiger partial charge is 0.469 e. The van der Waals surface area contributed by atoms with Crippen molar-refractivity contribution in [2.45, 2.75) is 52.6 Å². The van der Waals surface area contributed by atoms with Crippen molar-refractivity contribution in [3.63, 3.8) is 0 Å². The second kappa shape index (κ2) is 5.84.